The number of carbonyl (C=O) groups excluding carboxylic acids is 1. The van der Waals surface area contributed by atoms with Gasteiger partial charge in [0.15, 0.2) is 5.78 Å². The van der Waals surface area contributed by atoms with Gasteiger partial charge in [-0.3, -0.25) is 4.79 Å². The van der Waals surface area contributed by atoms with E-state index in [1.807, 2.05) is 32.9 Å². The summed E-state index contributed by atoms with van der Waals surface area (Å²) in [5.41, 5.74) is 6.88. The Balaban J connectivity index is 3.01. The van der Waals surface area contributed by atoms with Crippen LogP contribution < -0.4 is 11.1 Å². The summed E-state index contributed by atoms with van der Waals surface area (Å²) >= 11 is 0. The Hall–Kier alpha value is -1.39. The lowest BCUT2D eigenvalue weighted by molar-refractivity contribution is 0.0698. The number of nitrogens with one attached hydrogen (secondary N) is 1. The maximum absolute atomic E-state index is 12.8. The maximum Gasteiger partial charge on any atom is 0.183 e. The summed E-state index contributed by atoms with van der Waals surface area (Å²) in [4.78, 5) is 12.8. The number of ketones is 1. The molecule has 1 aromatic carbocycles. The second-order valence-corrected chi connectivity index (χ2v) is 6.12. The Labute approximate surface area is 127 Å². The summed E-state index contributed by atoms with van der Waals surface area (Å²) in [6.45, 7) is 8.69. The van der Waals surface area contributed by atoms with Crippen molar-refractivity contribution in [3.8, 4) is 0 Å². The Kier molecular flexibility index (Phi) is 5.93. The largest absolute Gasteiger partial charge is 0.395 e. The molecule has 0 aromatic heterocycles. The topological polar surface area (TPSA) is 75.4 Å². The van der Waals surface area contributed by atoms with Crippen molar-refractivity contribution in [2.75, 3.05) is 18.5 Å². The van der Waals surface area contributed by atoms with Crippen LogP contribution in [0.1, 0.15) is 50.9 Å². The molecule has 0 spiro atoms. The van der Waals surface area contributed by atoms with Crippen molar-refractivity contribution >= 4 is 11.5 Å². The molecule has 0 fully saturated rings. The van der Waals surface area contributed by atoms with Crippen LogP contribution in [0.25, 0.3) is 0 Å². The lowest BCUT2D eigenvalue weighted by Gasteiger charge is -2.42. The number of rotatable bonds is 8. The first-order valence-electron chi connectivity index (χ1n) is 7.61. The lowest BCUT2D eigenvalue weighted by Crippen LogP contribution is -2.58. The molecule has 1 rings (SSSR count). The van der Waals surface area contributed by atoms with Crippen LogP contribution in [-0.4, -0.2) is 29.6 Å². The second-order valence-electron chi connectivity index (χ2n) is 6.12. The van der Waals surface area contributed by atoms with E-state index in [0.717, 1.165) is 12.1 Å². The van der Waals surface area contributed by atoms with E-state index in [1.165, 1.54) is 0 Å². The Morgan fingerprint density at radius 1 is 1.19 bits per heavy atom. The zero-order valence-corrected chi connectivity index (χ0v) is 13.6. The van der Waals surface area contributed by atoms with Gasteiger partial charge in [-0.2, -0.15) is 0 Å². The highest BCUT2D eigenvalue weighted by atomic mass is 16.3. The molecule has 0 saturated heterocycles. The molecule has 1 atom stereocenters. The SMILES string of the molecule is CCC(C)(C)C(N)(CC)C(=O)c1ccc(NCCO)cc1. The van der Waals surface area contributed by atoms with Crippen LogP contribution in [0.5, 0.6) is 0 Å². The molecule has 0 bridgehead atoms. The van der Waals surface area contributed by atoms with E-state index in [1.54, 1.807) is 12.1 Å². The number of anilines is 1. The Morgan fingerprint density at radius 2 is 1.76 bits per heavy atom. The van der Waals surface area contributed by atoms with E-state index in [-0.39, 0.29) is 17.8 Å². The molecule has 0 aliphatic heterocycles. The molecule has 21 heavy (non-hydrogen) atoms. The molecule has 1 aromatic rings. The summed E-state index contributed by atoms with van der Waals surface area (Å²) in [5, 5.41) is 11.9. The van der Waals surface area contributed by atoms with Gasteiger partial charge in [0.1, 0.15) is 0 Å². The molecule has 4 nitrogen and oxygen atoms in total. The quantitative estimate of drug-likeness (QED) is 0.644. The number of hydrogen-bond acceptors (Lipinski definition) is 4. The fraction of sp³-hybridized carbons (Fsp3) is 0.588. The van der Waals surface area contributed by atoms with E-state index in [2.05, 4.69) is 12.2 Å². The molecule has 0 aliphatic carbocycles. The molecular formula is C17H28N2O2. The first-order valence-corrected chi connectivity index (χ1v) is 7.61. The highest BCUT2D eigenvalue weighted by Crippen LogP contribution is 2.37. The van der Waals surface area contributed by atoms with Gasteiger partial charge in [-0.05, 0) is 42.5 Å². The standard InChI is InChI=1S/C17H28N2O2/c1-5-16(3,4)17(18,6-2)15(21)13-7-9-14(10-8-13)19-11-12-20/h7-10,19-20H,5-6,11-12,18H2,1-4H3. The van der Waals surface area contributed by atoms with Gasteiger partial charge in [0.2, 0.25) is 0 Å². The molecule has 4 N–H and O–H groups in total. The third-order valence-electron chi connectivity index (χ3n) is 4.64. The van der Waals surface area contributed by atoms with Crippen LogP contribution in [-0.2, 0) is 0 Å². The second kappa shape index (κ2) is 7.05. The fourth-order valence-electron chi connectivity index (χ4n) is 2.46. The van der Waals surface area contributed by atoms with Gasteiger partial charge < -0.3 is 16.2 Å². The van der Waals surface area contributed by atoms with Gasteiger partial charge >= 0.3 is 0 Å². The van der Waals surface area contributed by atoms with Crippen LogP contribution in [0.2, 0.25) is 0 Å². The van der Waals surface area contributed by atoms with Crippen LogP contribution >= 0.6 is 0 Å². The fourth-order valence-corrected chi connectivity index (χ4v) is 2.46. The zero-order chi connectivity index (χ0) is 16.1. The van der Waals surface area contributed by atoms with Gasteiger partial charge in [0.05, 0.1) is 12.1 Å². The van der Waals surface area contributed by atoms with E-state index < -0.39 is 5.54 Å². The molecule has 0 aliphatic rings. The minimum Gasteiger partial charge on any atom is -0.395 e. The van der Waals surface area contributed by atoms with Gasteiger partial charge in [0, 0.05) is 17.8 Å². The van der Waals surface area contributed by atoms with Crippen molar-refractivity contribution in [2.45, 2.75) is 46.1 Å². The molecule has 0 radical (unpaired) electrons. The predicted octanol–water partition coefficient (Wildman–Crippen LogP) is 2.82. The number of Topliss-reactive ketones (excluding diaryl/α,β-unsaturated/α-hetero) is 1. The Bertz CT molecular complexity index is 468. The minimum atomic E-state index is -0.859. The highest BCUT2D eigenvalue weighted by molar-refractivity contribution is 6.03. The summed E-state index contributed by atoms with van der Waals surface area (Å²) in [5.74, 6) is -0.00874. The summed E-state index contributed by atoms with van der Waals surface area (Å²) < 4.78 is 0. The number of carbonyl (C=O) groups is 1. The normalized spacial score (nSPS) is 14.6. The van der Waals surface area contributed by atoms with Gasteiger partial charge in [-0.25, -0.2) is 0 Å². The average Bonchev–Trinajstić information content (AvgIpc) is 2.51. The number of benzene rings is 1. The van der Waals surface area contributed by atoms with Crippen molar-refractivity contribution in [3.05, 3.63) is 29.8 Å². The van der Waals surface area contributed by atoms with Crippen LogP contribution in [0.4, 0.5) is 5.69 Å². The first kappa shape index (κ1) is 17.7. The molecule has 0 heterocycles. The molecule has 1 unspecified atom stereocenters. The van der Waals surface area contributed by atoms with E-state index in [9.17, 15) is 4.79 Å². The molecule has 4 heteroatoms. The van der Waals surface area contributed by atoms with Gasteiger partial charge in [-0.1, -0.05) is 27.7 Å². The average molecular weight is 292 g/mol. The summed E-state index contributed by atoms with van der Waals surface area (Å²) in [6.07, 6.45) is 1.45. The third-order valence-corrected chi connectivity index (χ3v) is 4.64. The highest BCUT2D eigenvalue weighted by Gasteiger charge is 2.45. The van der Waals surface area contributed by atoms with E-state index in [0.29, 0.717) is 18.5 Å². The van der Waals surface area contributed by atoms with Crippen molar-refractivity contribution < 1.29 is 9.90 Å². The third kappa shape index (κ3) is 3.63. The van der Waals surface area contributed by atoms with Crippen LogP contribution in [0.3, 0.4) is 0 Å². The van der Waals surface area contributed by atoms with Crippen LogP contribution in [0, 0.1) is 5.41 Å². The summed E-state index contributed by atoms with van der Waals surface area (Å²) in [6, 6.07) is 7.28. The van der Waals surface area contributed by atoms with Gasteiger partial charge in [0.25, 0.3) is 0 Å². The van der Waals surface area contributed by atoms with Crippen molar-refractivity contribution in [1.82, 2.24) is 0 Å². The molecular weight excluding hydrogens is 264 g/mol. The van der Waals surface area contributed by atoms with Crippen molar-refractivity contribution in [1.29, 1.82) is 0 Å². The van der Waals surface area contributed by atoms with Crippen molar-refractivity contribution in [2.24, 2.45) is 11.1 Å². The van der Waals surface area contributed by atoms with Crippen LogP contribution in [0.15, 0.2) is 24.3 Å². The zero-order valence-electron chi connectivity index (χ0n) is 13.6. The smallest absolute Gasteiger partial charge is 0.183 e. The molecule has 0 saturated carbocycles. The number of aliphatic hydroxyl groups is 1. The maximum atomic E-state index is 12.8. The minimum absolute atomic E-state index is 0.00874. The Morgan fingerprint density at radius 3 is 2.19 bits per heavy atom. The molecule has 0 amide bonds. The lowest BCUT2D eigenvalue weighted by atomic mass is 9.66. The monoisotopic (exact) mass is 292 g/mol. The van der Waals surface area contributed by atoms with E-state index >= 15 is 0 Å². The van der Waals surface area contributed by atoms with Crippen molar-refractivity contribution in [3.63, 3.8) is 0 Å². The van der Waals surface area contributed by atoms with Gasteiger partial charge in [-0.15, -0.1) is 0 Å². The predicted molar refractivity (Wildman–Crippen MR) is 87.6 cm³/mol. The first-order chi connectivity index (χ1) is 9.82. The summed E-state index contributed by atoms with van der Waals surface area (Å²) in [7, 11) is 0. The number of hydrogen-bond donors (Lipinski definition) is 3. The number of aliphatic hydroxyl groups excluding tert-OH is 1. The number of nitrogens with two attached hydrogens (primary N) is 1. The molecule has 118 valence electrons. The van der Waals surface area contributed by atoms with E-state index in [4.69, 9.17) is 10.8 Å².